The second-order valence-electron chi connectivity index (χ2n) is 12.9. The van der Waals surface area contributed by atoms with Crippen molar-refractivity contribution in [2.45, 2.75) is 110 Å². The van der Waals surface area contributed by atoms with Gasteiger partial charge in [-0.05, 0) is 87.2 Å². The molecule has 0 spiro atoms. The summed E-state index contributed by atoms with van der Waals surface area (Å²) in [6.07, 6.45) is 4.33. The normalized spacial score (nSPS) is 21.4. The summed E-state index contributed by atoms with van der Waals surface area (Å²) in [5.41, 5.74) is 7.63. The van der Waals surface area contributed by atoms with Gasteiger partial charge in [0.1, 0.15) is 0 Å². The molecule has 2 unspecified atom stereocenters. The number of nitrogens with zero attached hydrogens (tertiary/aromatic N) is 3. The van der Waals surface area contributed by atoms with E-state index in [2.05, 4.69) is 83.1 Å². The molecule has 0 amide bonds. The molecule has 6 nitrogen and oxygen atoms in total. The second-order valence-corrected chi connectivity index (χ2v) is 12.9. The van der Waals surface area contributed by atoms with Crippen molar-refractivity contribution in [1.29, 1.82) is 0 Å². The summed E-state index contributed by atoms with van der Waals surface area (Å²) >= 11 is 0. The van der Waals surface area contributed by atoms with Gasteiger partial charge in [0.25, 0.3) is 0 Å². The fraction of sp³-hybridized carbons (Fsp3) is 0.697. The SMILES string of the molecule is CC(CCN(C)Cc1nc(C(C)C)ccc1C1(C)CCOC1)NCc1nc(C(C)C)ccc1C1CCOCC1. The van der Waals surface area contributed by atoms with Crippen LogP contribution < -0.4 is 5.32 Å². The van der Waals surface area contributed by atoms with Gasteiger partial charge in [-0.15, -0.1) is 0 Å². The molecular formula is C33H52N4O2. The van der Waals surface area contributed by atoms with Crippen LogP contribution in [0.4, 0.5) is 0 Å². The average molecular weight is 537 g/mol. The smallest absolute Gasteiger partial charge is 0.0585 e. The van der Waals surface area contributed by atoms with Gasteiger partial charge >= 0.3 is 0 Å². The van der Waals surface area contributed by atoms with Gasteiger partial charge < -0.3 is 19.7 Å². The molecule has 2 saturated heterocycles. The van der Waals surface area contributed by atoms with Gasteiger partial charge in [0.2, 0.25) is 0 Å². The Kier molecular flexibility index (Phi) is 10.6. The standard InChI is InChI=1S/C33H52N4O2/c1-23(2)29-10-8-27(26-13-17-38-18-14-26)31(35-29)20-34-25(5)12-16-37(7)21-32-28(33(6)15-19-39-22-33)9-11-30(36-32)24(3)4/h8-11,23-26,34H,12-22H2,1-7H3. The molecule has 6 heteroatoms. The maximum Gasteiger partial charge on any atom is 0.0585 e. The van der Waals surface area contributed by atoms with E-state index >= 15 is 0 Å². The van der Waals surface area contributed by atoms with Crippen LogP contribution in [-0.2, 0) is 28.0 Å². The van der Waals surface area contributed by atoms with E-state index in [0.717, 1.165) is 71.7 Å². The van der Waals surface area contributed by atoms with Crippen molar-refractivity contribution in [2.75, 3.05) is 40.0 Å². The largest absolute Gasteiger partial charge is 0.381 e. The number of hydrogen-bond acceptors (Lipinski definition) is 6. The molecule has 0 aromatic carbocycles. The Morgan fingerprint density at radius 3 is 2.23 bits per heavy atom. The highest BCUT2D eigenvalue weighted by Gasteiger charge is 2.34. The second kappa shape index (κ2) is 13.7. The first-order chi connectivity index (χ1) is 18.7. The van der Waals surface area contributed by atoms with Crippen molar-refractivity contribution in [3.8, 4) is 0 Å². The number of nitrogens with one attached hydrogen (secondary N) is 1. The molecule has 4 heterocycles. The summed E-state index contributed by atoms with van der Waals surface area (Å²) in [4.78, 5) is 12.7. The van der Waals surface area contributed by atoms with Crippen LogP contribution in [0, 0.1) is 0 Å². The van der Waals surface area contributed by atoms with Crippen LogP contribution in [0.25, 0.3) is 0 Å². The Bertz CT molecular complexity index is 1060. The lowest BCUT2D eigenvalue weighted by molar-refractivity contribution is 0.0850. The van der Waals surface area contributed by atoms with E-state index in [9.17, 15) is 0 Å². The van der Waals surface area contributed by atoms with Gasteiger partial charge in [0, 0.05) is 55.8 Å². The molecule has 2 atom stereocenters. The van der Waals surface area contributed by atoms with E-state index in [1.807, 2.05) is 0 Å². The van der Waals surface area contributed by atoms with Gasteiger partial charge in [-0.3, -0.25) is 9.97 Å². The third-order valence-electron chi connectivity index (χ3n) is 8.72. The minimum Gasteiger partial charge on any atom is -0.381 e. The first-order valence-corrected chi connectivity index (χ1v) is 15.2. The van der Waals surface area contributed by atoms with E-state index in [-0.39, 0.29) is 5.41 Å². The molecule has 2 aromatic heterocycles. The number of hydrogen-bond donors (Lipinski definition) is 1. The summed E-state index contributed by atoms with van der Waals surface area (Å²) in [5.74, 6) is 1.42. The highest BCUT2D eigenvalue weighted by Crippen LogP contribution is 2.35. The summed E-state index contributed by atoms with van der Waals surface area (Å²) < 4.78 is 11.4. The predicted molar refractivity (Wildman–Crippen MR) is 159 cm³/mol. The van der Waals surface area contributed by atoms with Crippen molar-refractivity contribution in [2.24, 2.45) is 0 Å². The summed E-state index contributed by atoms with van der Waals surface area (Å²) in [6, 6.07) is 9.50. The van der Waals surface area contributed by atoms with Crippen molar-refractivity contribution < 1.29 is 9.47 Å². The zero-order valence-electron chi connectivity index (χ0n) is 25.6. The summed E-state index contributed by atoms with van der Waals surface area (Å²) in [6.45, 7) is 19.6. The Labute approximate surface area is 237 Å². The highest BCUT2D eigenvalue weighted by molar-refractivity contribution is 5.33. The molecule has 2 aliphatic rings. The Balaban J connectivity index is 1.37. The van der Waals surface area contributed by atoms with Gasteiger partial charge in [-0.1, -0.05) is 46.8 Å². The van der Waals surface area contributed by atoms with Gasteiger partial charge in [-0.25, -0.2) is 0 Å². The lowest BCUT2D eigenvalue weighted by atomic mass is 9.80. The maximum atomic E-state index is 5.80. The summed E-state index contributed by atoms with van der Waals surface area (Å²) in [5, 5.41) is 3.80. The fourth-order valence-corrected chi connectivity index (χ4v) is 5.88. The molecule has 216 valence electrons. The molecule has 4 rings (SSSR count). The average Bonchev–Trinajstić information content (AvgIpc) is 3.38. The molecule has 2 aromatic rings. The zero-order chi connectivity index (χ0) is 28.0. The van der Waals surface area contributed by atoms with Gasteiger partial charge in [0.15, 0.2) is 0 Å². The number of aromatic nitrogens is 2. The zero-order valence-corrected chi connectivity index (χ0v) is 25.6. The molecule has 0 aliphatic carbocycles. The van der Waals surface area contributed by atoms with Crippen LogP contribution in [0.5, 0.6) is 0 Å². The lowest BCUT2D eigenvalue weighted by Gasteiger charge is -2.28. The van der Waals surface area contributed by atoms with Gasteiger partial charge in [-0.2, -0.15) is 0 Å². The Hall–Kier alpha value is -1.86. The Morgan fingerprint density at radius 2 is 1.59 bits per heavy atom. The van der Waals surface area contributed by atoms with Gasteiger partial charge in [0.05, 0.1) is 18.0 Å². The molecule has 2 fully saturated rings. The van der Waals surface area contributed by atoms with Crippen LogP contribution >= 0.6 is 0 Å². The molecule has 39 heavy (non-hydrogen) atoms. The minimum absolute atomic E-state index is 0.0627. The van der Waals surface area contributed by atoms with Crippen molar-refractivity contribution in [3.63, 3.8) is 0 Å². The topological polar surface area (TPSA) is 59.5 Å². The third kappa shape index (κ3) is 7.87. The van der Waals surface area contributed by atoms with E-state index in [0.29, 0.717) is 23.8 Å². The first kappa shape index (κ1) is 30.1. The predicted octanol–water partition coefficient (Wildman–Crippen LogP) is 6.30. The molecule has 0 bridgehead atoms. The van der Waals surface area contributed by atoms with Crippen LogP contribution in [0.15, 0.2) is 24.3 Å². The van der Waals surface area contributed by atoms with Crippen LogP contribution in [-0.4, -0.2) is 60.9 Å². The maximum absolute atomic E-state index is 5.80. The minimum atomic E-state index is 0.0627. The quantitative estimate of drug-likeness (QED) is 0.344. The molecule has 1 N–H and O–H groups in total. The highest BCUT2D eigenvalue weighted by atomic mass is 16.5. The summed E-state index contributed by atoms with van der Waals surface area (Å²) in [7, 11) is 2.23. The van der Waals surface area contributed by atoms with Crippen LogP contribution in [0.3, 0.4) is 0 Å². The van der Waals surface area contributed by atoms with Crippen LogP contribution in [0.1, 0.15) is 119 Å². The first-order valence-electron chi connectivity index (χ1n) is 15.2. The van der Waals surface area contributed by atoms with Crippen molar-refractivity contribution in [1.82, 2.24) is 20.2 Å². The Morgan fingerprint density at radius 1 is 0.923 bits per heavy atom. The number of rotatable bonds is 12. The van der Waals surface area contributed by atoms with E-state index < -0.39 is 0 Å². The molecular weight excluding hydrogens is 484 g/mol. The van der Waals surface area contributed by atoms with E-state index in [1.165, 1.54) is 33.9 Å². The van der Waals surface area contributed by atoms with E-state index in [1.54, 1.807) is 0 Å². The molecule has 0 radical (unpaired) electrons. The monoisotopic (exact) mass is 536 g/mol. The number of pyridine rings is 2. The molecule has 2 aliphatic heterocycles. The van der Waals surface area contributed by atoms with Crippen LogP contribution in [0.2, 0.25) is 0 Å². The van der Waals surface area contributed by atoms with E-state index in [4.69, 9.17) is 19.4 Å². The third-order valence-corrected chi connectivity index (χ3v) is 8.72. The van der Waals surface area contributed by atoms with Crippen molar-refractivity contribution >= 4 is 0 Å². The fourth-order valence-electron chi connectivity index (χ4n) is 5.88. The lowest BCUT2D eigenvalue weighted by Crippen LogP contribution is -2.32. The van der Waals surface area contributed by atoms with Crippen molar-refractivity contribution in [3.05, 3.63) is 58.2 Å². The molecule has 0 saturated carbocycles. The number of ether oxygens (including phenoxy) is 2.